The molecule has 1 unspecified atom stereocenters. The lowest BCUT2D eigenvalue weighted by Crippen LogP contribution is -2.47. The molecule has 4 N–H and O–H groups in total. The van der Waals surface area contributed by atoms with E-state index < -0.39 is 11.9 Å². The van der Waals surface area contributed by atoms with Gasteiger partial charge in [0, 0.05) is 18.0 Å². The summed E-state index contributed by atoms with van der Waals surface area (Å²) in [4.78, 5) is 25.7. The van der Waals surface area contributed by atoms with Gasteiger partial charge in [0.25, 0.3) is 0 Å². The summed E-state index contributed by atoms with van der Waals surface area (Å²) in [7, 11) is 0. The summed E-state index contributed by atoms with van der Waals surface area (Å²) >= 11 is 1.71. The average molecular weight is 253 g/mol. The van der Waals surface area contributed by atoms with Crippen molar-refractivity contribution in [3.8, 4) is 0 Å². The first-order valence-corrected chi connectivity index (χ1v) is 6.34. The minimum atomic E-state index is -0.812. The second-order valence-electron chi connectivity index (χ2n) is 4.16. The van der Waals surface area contributed by atoms with Gasteiger partial charge in [-0.05, 0) is 23.4 Å². The van der Waals surface area contributed by atoms with Crippen LogP contribution in [0.2, 0.25) is 0 Å². The number of carbonyl (C=O) groups excluding carboxylic acids is 2. The molecule has 5 nitrogen and oxygen atoms in total. The van der Waals surface area contributed by atoms with Crippen LogP contribution in [-0.4, -0.2) is 29.3 Å². The van der Waals surface area contributed by atoms with Crippen LogP contribution in [0.3, 0.4) is 0 Å². The van der Waals surface area contributed by atoms with Crippen molar-refractivity contribution in [3.63, 3.8) is 0 Å². The lowest BCUT2D eigenvalue weighted by molar-refractivity contribution is -0.135. The molecule has 17 heavy (non-hydrogen) atoms. The number of amides is 2. The molecule has 0 saturated carbocycles. The first-order valence-electron chi connectivity index (χ1n) is 5.46. The predicted octanol–water partition coefficient (Wildman–Crippen LogP) is -0.165. The molecule has 0 saturated heterocycles. The zero-order valence-corrected chi connectivity index (χ0v) is 10.2. The van der Waals surface area contributed by atoms with Crippen LogP contribution in [0.15, 0.2) is 11.4 Å². The number of hydrogen-bond acceptors (Lipinski definition) is 4. The average Bonchev–Trinajstić information content (AvgIpc) is 2.73. The monoisotopic (exact) mass is 253 g/mol. The van der Waals surface area contributed by atoms with Gasteiger partial charge >= 0.3 is 0 Å². The van der Waals surface area contributed by atoms with Crippen molar-refractivity contribution in [2.45, 2.75) is 25.4 Å². The van der Waals surface area contributed by atoms with E-state index in [1.807, 2.05) is 11.4 Å². The van der Waals surface area contributed by atoms with Gasteiger partial charge in [-0.15, -0.1) is 11.3 Å². The molecule has 1 aliphatic heterocycles. The SMILES string of the molecule is NC(=O)CC(N)C(=O)N1CCc2sccc2C1. The zero-order valence-electron chi connectivity index (χ0n) is 9.39. The summed E-state index contributed by atoms with van der Waals surface area (Å²) in [5, 5.41) is 2.03. The second kappa shape index (κ2) is 4.85. The predicted molar refractivity (Wildman–Crippen MR) is 65.2 cm³/mol. The fourth-order valence-electron chi connectivity index (χ4n) is 1.98. The Bertz CT molecular complexity index is 444. The van der Waals surface area contributed by atoms with Crippen molar-refractivity contribution in [2.24, 2.45) is 11.5 Å². The first kappa shape index (κ1) is 12.1. The van der Waals surface area contributed by atoms with Crippen LogP contribution < -0.4 is 11.5 Å². The van der Waals surface area contributed by atoms with Gasteiger partial charge in [0.05, 0.1) is 12.5 Å². The number of rotatable bonds is 3. The Morgan fingerprint density at radius 1 is 1.53 bits per heavy atom. The van der Waals surface area contributed by atoms with Crippen molar-refractivity contribution in [2.75, 3.05) is 6.54 Å². The molecule has 0 bridgehead atoms. The summed E-state index contributed by atoms with van der Waals surface area (Å²) in [5.74, 6) is -0.736. The second-order valence-corrected chi connectivity index (χ2v) is 5.16. The van der Waals surface area contributed by atoms with Crippen molar-refractivity contribution in [1.82, 2.24) is 4.90 Å². The number of nitrogens with zero attached hydrogens (tertiary/aromatic N) is 1. The molecule has 2 amide bonds. The Kier molecular flexibility index (Phi) is 3.44. The number of fused-ring (bicyclic) bond motifs is 1. The number of thiophene rings is 1. The van der Waals surface area contributed by atoms with Crippen LogP contribution >= 0.6 is 11.3 Å². The molecule has 2 heterocycles. The summed E-state index contributed by atoms with van der Waals surface area (Å²) in [5.41, 5.74) is 11.9. The van der Waals surface area contributed by atoms with E-state index in [0.717, 1.165) is 6.42 Å². The maximum atomic E-state index is 12.0. The highest BCUT2D eigenvalue weighted by molar-refractivity contribution is 7.10. The summed E-state index contributed by atoms with van der Waals surface area (Å²) in [6.07, 6.45) is 0.772. The van der Waals surface area contributed by atoms with Gasteiger partial charge in [0.2, 0.25) is 11.8 Å². The largest absolute Gasteiger partial charge is 0.370 e. The maximum absolute atomic E-state index is 12.0. The third-order valence-corrected chi connectivity index (χ3v) is 3.88. The third kappa shape index (κ3) is 2.65. The Balaban J connectivity index is 2.00. The minimum Gasteiger partial charge on any atom is -0.370 e. The van der Waals surface area contributed by atoms with Crippen LogP contribution in [0, 0.1) is 0 Å². The highest BCUT2D eigenvalue weighted by Crippen LogP contribution is 2.24. The van der Waals surface area contributed by atoms with E-state index >= 15 is 0 Å². The van der Waals surface area contributed by atoms with Crippen molar-refractivity contribution in [3.05, 3.63) is 21.9 Å². The highest BCUT2D eigenvalue weighted by Gasteiger charge is 2.26. The molecule has 0 aromatic carbocycles. The molecule has 92 valence electrons. The van der Waals surface area contributed by atoms with E-state index in [1.54, 1.807) is 16.2 Å². The van der Waals surface area contributed by atoms with Gasteiger partial charge in [-0.3, -0.25) is 9.59 Å². The van der Waals surface area contributed by atoms with Crippen molar-refractivity contribution < 1.29 is 9.59 Å². The number of carbonyl (C=O) groups is 2. The van der Waals surface area contributed by atoms with Crippen LogP contribution in [0.4, 0.5) is 0 Å². The van der Waals surface area contributed by atoms with Gasteiger partial charge in [-0.1, -0.05) is 0 Å². The standard InChI is InChI=1S/C11H15N3O2S/c12-8(5-10(13)15)11(16)14-3-1-9-7(6-14)2-4-17-9/h2,4,8H,1,3,5-6,12H2,(H2,13,15). The molecule has 2 rings (SSSR count). The Labute approximate surface area is 103 Å². The molecule has 6 heteroatoms. The van der Waals surface area contributed by atoms with Crippen LogP contribution in [0.5, 0.6) is 0 Å². The topological polar surface area (TPSA) is 89.4 Å². The molecular formula is C11H15N3O2S. The van der Waals surface area contributed by atoms with Gasteiger partial charge in [-0.25, -0.2) is 0 Å². The summed E-state index contributed by atoms with van der Waals surface area (Å²) < 4.78 is 0. The number of primary amides is 1. The number of hydrogen-bond donors (Lipinski definition) is 2. The minimum absolute atomic E-state index is 0.0914. The molecule has 0 fully saturated rings. The molecule has 1 aliphatic rings. The van der Waals surface area contributed by atoms with Crippen LogP contribution in [0.25, 0.3) is 0 Å². The summed E-state index contributed by atoms with van der Waals surface area (Å²) in [6.45, 7) is 1.25. The Morgan fingerprint density at radius 2 is 2.29 bits per heavy atom. The highest BCUT2D eigenvalue weighted by atomic mass is 32.1. The van der Waals surface area contributed by atoms with Gasteiger partial charge in [0.15, 0.2) is 0 Å². The van der Waals surface area contributed by atoms with E-state index in [-0.39, 0.29) is 12.3 Å². The van der Waals surface area contributed by atoms with Crippen LogP contribution in [-0.2, 0) is 22.6 Å². The lowest BCUT2D eigenvalue weighted by atomic mass is 10.1. The molecule has 1 aromatic rings. The van der Waals surface area contributed by atoms with E-state index in [0.29, 0.717) is 13.1 Å². The molecule has 1 aromatic heterocycles. The molecular weight excluding hydrogens is 238 g/mol. The van der Waals surface area contributed by atoms with E-state index in [9.17, 15) is 9.59 Å². The van der Waals surface area contributed by atoms with E-state index in [2.05, 4.69) is 0 Å². The first-order chi connectivity index (χ1) is 8.08. The molecule has 0 aliphatic carbocycles. The fourth-order valence-corrected chi connectivity index (χ4v) is 2.86. The van der Waals surface area contributed by atoms with E-state index in [4.69, 9.17) is 11.5 Å². The molecule has 0 spiro atoms. The quantitative estimate of drug-likeness (QED) is 0.784. The Hall–Kier alpha value is -1.40. The number of nitrogens with two attached hydrogens (primary N) is 2. The van der Waals surface area contributed by atoms with E-state index in [1.165, 1.54) is 10.4 Å². The summed E-state index contributed by atoms with van der Waals surface area (Å²) in [6, 6.07) is 1.21. The Morgan fingerprint density at radius 3 is 3.00 bits per heavy atom. The van der Waals surface area contributed by atoms with Crippen molar-refractivity contribution >= 4 is 23.2 Å². The zero-order chi connectivity index (χ0) is 12.4. The molecule has 0 radical (unpaired) electrons. The van der Waals surface area contributed by atoms with Gasteiger partial charge < -0.3 is 16.4 Å². The lowest BCUT2D eigenvalue weighted by Gasteiger charge is -2.29. The third-order valence-electron chi connectivity index (χ3n) is 2.86. The maximum Gasteiger partial charge on any atom is 0.240 e. The van der Waals surface area contributed by atoms with Crippen molar-refractivity contribution in [1.29, 1.82) is 0 Å². The fraction of sp³-hybridized carbons (Fsp3) is 0.455. The van der Waals surface area contributed by atoms with Gasteiger partial charge in [-0.2, -0.15) is 0 Å². The normalized spacial score (nSPS) is 16.4. The smallest absolute Gasteiger partial charge is 0.240 e. The molecule has 1 atom stereocenters. The van der Waals surface area contributed by atoms with Crippen LogP contribution in [0.1, 0.15) is 16.9 Å². The van der Waals surface area contributed by atoms with Gasteiger partial charge in [0.1, 0.15) is 0 Å².